The summed E-state index contributed by atoms with van der Waals surface area (Å²) in [7, 11) is -3.12. The van der Waals surface area contributed by atoms with Crippen LogP contribution in [0.5, 0.6) is 0 Å². The van der Waals surface area contributed by atoms with Crippen molar-refractivity contribution in [2.75, 3.05) is 32.4 Å². The highest BCUT2D eigenvalue weighted by atomic mass is 35.5. The Bertz CT molecular complexity index is 605. The van der Waals surface area contributed by atoms with Gasteiger partial charge in [0.05, 0.1) is 6.26 Å². The van der Waals surface area contributed by atoms with Gasteiger partial charge in [-0.05, 0) is 37.5 Å². The third-order valence-corrected chi connectivity index (χ3v) is 3.87. The van der Waals surface area contributed by atoms with Crippen LogP contribution in [-0.2, 0) is 16.4 Å². The fourth-order valence-corrected chi connectivity index (χ4v) is 2.61. The summed E-state index contributed by atoms with van der Waals surface area (Å²) in [6, 6.07) is 7.78. The molecule has 0 aliphatic rings. The molecule has 0 radical (unpaired) electrons. The van der Waals surface area contributed by atoms with E-state index in [2.05, 4.69) is 20.3 Å². The van der Waals surface area contributed by atoms with Crippen molar-refractivity contribution in [2.24, 2.45) is 4.99 Å². The topological polar surface area (TPSA) is 82.6 Å². The molecule has 0 fully saturated rings. The number of rotatable bonds is 9. The zero-order valence-corrected chi connectivity index (χ0v) is 15.2. The molecule has 1 aromatic rings. The maximum atomic E-state index is 10.9. The van der Waals surface area contributed by atoms with Gasteiger partial charge in [-0.15, -0.1) is 0 Å². The number of benzene rings is 1. The molecule has 0 amide bonds. The van der Waals surface area contributed by atoms with Crippen LogP contribution in [0.1, 0.15) is 18.9 Å². The third kappa shape index (κ3) is 10.1. The highest BCUT2D eigenvalue weighted by molar-refractivity contribution is 7.88. The summed E-state index contributed by atoms with van der Waals surface area (Å²) in [5.74, 6) is 0.730. The lowest BCUT2D eigenvalue weighted by molar-refractivity contribution is 0.585. The second kappa shape index (κ2) is 10.5. The minimum absolute atomic E-state index is 0.393. The molecule has 0 spiro atoms. The lowest BCUT2D eigenvalue weighted by Gasteiger charge is -2.11. The van der Waals surface area contributed by atoms with Gasteiger partial charge < -0.3 is 10.6 Å². The van der Waals surface area contributed by atoms with E-state index in [-0.39, 0.29) is 0 Å². The quantitative estimate of drug-likeness (QED) is 0.353. The van der Waals surface area contributed by atoms with Crippen molar-refractivity contribution in [3.63, 3.8) is 0 Å². The van der Waals surface area contributed by atoms with Crippen LogP contribution in [0.3, 0.4) is 0 Å². The van der Waals surface area contributed by atoms with Crippen LogP contribution >= 0.6 is 11.6 Å². The zero-order chi connectivity index (χ0) is 17.1. The van der Waals surface area contributed by atoms with Crippen LogP contribution in [0.4, 0.5) is 0 Å². The summed E-state index contributed by atoms with van der Waals surface area (Å²) in [5.41, 5.74) is 1.17. The van der Waals surface area contributed by atoms with Crippen LogP contribution in [0, 0.1) is 0 Å². The van der Waals surface area contributed by atoms with E-state index in [1.165, 1.54) is 5.56 Å². The van der Waals surface area contributed by atoms with E-state index in [9.17, 15) is 8.42 Å². The molecule has 0 atom stereocenters. The number of sulfonamides is 1. The minimum Gasteiger partial charge on any atom is -0.357 e. The van der Waals surface area contributed by atoms with Crippen molar-refractivity contribution in [2.45, 2.75) is 19.8 Å². The molecule has 1 aromatic carbocycles. The Labute approximate surface area is 143 Å². The predicted octanol–water partition coefficient (Wildman–Crippen LogP) is 1.38. The van der Waals surface area contributed by atoms with E-state index in [1.807, 2.05) is 31.2 Å². The zero-order valence-electron chi connectivity index (χ0n) is 13.6. The minimum atomic E-state index is -3.12. The largest absolute Gasteiger partial charge is 0.357 e. The number of guanidine groups is 1. The number of halogens is 1. The van der Waals surface area contributed by atoms with Gasteiger partial charge in [-0.2, -0.15) is 0 Å². The summed E-state index contributed by atoms with van der Waals surface area (Å²) >= 11 is 5.96. The van der Waals surface area contributed by atoms with Crippen molar-refractivity contribution in [3.05, 3.63) is 34.9 Å². The summed E-state index contributed by atoms with van der Waals surface area (Å²) in [6.45, 7) is 4.46. The molecule has 0 bridgehead atoms. The molecule has 0 aromatic heterocycles. The maximum Gasteiger partial charge on any atom is 0.208 e. The Morgan fingerprint density at radius 3 is 2.70 bits per heavy atom. The van der Waals surface area contributed by atoms with Gasteiger partial charge in [0.15, 0.2) is 5.96 Å². The average molecular weight is 361 g/mol. The molecule has 3 N–H and O–H groups in total. The van der Waals surface area contributed by atoms with Gasteiger partial charge in [0.25, 0.3) is 0 Å². The molecule has 0 saturated carbocycles. The van der Waals surface area contributed by atoms with E-state index in [0.29, 0.717) is 19.5 Å². The van der Waals surface area contributed by atoms with Crippen LogP contribution in [0.15, 0.2) is 29.3 Å². The summed E-state index contributed by atoms with van der Waals surface area (Å²) < 4.78 is 24.3. The smallest absolute Gasteiger partial charge is 0.208 e. The summed E-state index contributed by atoms with van der Waals surface area (Å²) in [5, 5.41) is 7.15. The van der Waals surface area contributed by atoms with Crippen molar-refractivity contribution in [1.82, 2.24) is 15.4 Å². The Morgan fingerprint density at radius 1 is 1.26 bits per heavy atom. The summed E-state index contributed by atoms with van der Waals surface area (Å²) in [4.78, 5) is 4.42. The molecule has 0 heterocycles. The second-order valence-corrected chi connectivity index (χ2v) is 7.36. The van der Waals surface area contributed by atoms with Gasteiger partial charge in [0, 0.05) is 31.2 Å². The lowest BCUT2D eigenvalue weighted by atomic mass is 10.1. The van der Waals surface area contributed by atoms with E-state index in [0.717, 1.165) is 36.7 Å². The standard InChI is InChI=1S/C15H25ClN4O2S/c1-3-17-15(18-9-5-10-20-23(2,21)22)19-11-8-13-6-4-7-14(16)12-13/h4,6-7,12,20H,3,5,8-11H2,1-2H3,(H2,17,18,19). The molecule has 0 saturated heterocycles. The fourth-order valence-electron chi connectivity index (χ4n) is 1.89. The van der Waals surface area contributed by atoms with E-state index < -0.39 is 10.0 Å². The first kappa shape index (κ1) is 19.7. The van der Waals surface area contributed by atoms with Gasteiger partial charge in [0.2, 0.25) is 10.0 Å². The highest BCUT2D eigenvalue weighted by Crippen LogP contribution is 2.10. The lowest BCUT2D eigenvalue weighted by Crippen LogP contribution is -2.38. The molecule has 0 unspecified atom stereocenters. The number of hydrogen-bond acceptors (Lipinski definition) is 3. The number of aliphatic imine (C=N–C) groups is 1. The van der Waals surface area contributed by atoms with E-state index >= 15 is 0 Å². The molecular weight excluding hydrogens is 336 g/mol. The molecule has 0 aliphatic carbocycles. The molecule has 1 rings (SSSR count). The molecule has 0 aliphatic heterocycles. The molecular formula is C15H25ClN4O2S. The van der Waals surface area contributed by atoms with Crippen molar-refractivity contribution >= 4 is 27.6 Å². The molecule has 130 valence electrons. The molecule has 8 heteroatoms. The second-order valence-electron chi connectivity index (χ2n) is 5.09. The fraction of sp³-hybridized carbons (Fsp3) is 0.533. The first-order chi connectivity index (χ1) is 10.9. The SMILES string of the molecule is CCNC(=NCCCNS(C)(=O)=O)NCCc1cccc(Cl)c1. The predicted molar refractivity (Wildman–Crippen MR) is 96.6 cm³/mol. The first-order valence-corrected chi connectivity index (χ1v) is 9.89. The van der Waals surface area contributed by atoms with E-state index in [4.69, 9.17) is 11.6 Å². The van der Waals surface area contributed by atoms with Crippen molar-refractivity contribution in [1.29, 1.82) is 0 Å². The number of nitrogens with one attached hydrogen (secondary N) is 3. The van der Waals surface area contributed by atoms with E-state index in [1.54, 1.807) is 0 Å². The third-order valence-electron chi connectivity index (χ3n) is 2.91. The van der Waals surface area contributed by atoms with Gasteiger partial charge >= 0.3 is 0 Å². The van der Waals surface area contributed by atoms with Crippen LogP contribution < -0.4 is 15.4 Å². The monoisotopic (exact) mass is 360 g/mol. The number of nitrogens with zero attached hydrogens (tertiary/aromatic N) is 1. The average Bonchev–Trinajstić information content (AvgIpc) is 2.45. The van der Waals surface area contributed by atoms with Crippen LogP contribution in [0.25, 0.3) is 0 Å². The Balaban J connectivity index is 2.34. The Kier molecular flexibility index (Phi) is 8.98. The molecule has 23 heavy (non-hydrogen) atoms. The highest BCUT2D eigenvalue weighted by Gasteiger charge is 2.00. The van der Waals surface area contributed by atoms with Gasteiger partial charge in [0.1, 0.15) is 0 Å². The van der Waals surface area contributed by atoms with Crippen LogP contribution in [0.2, 0.25) is 5.02 Å². The summed E-state index contributed by atoms with van der Waals surface area (Å²) in [6.07, 6.45) is 2.65. The maximum absolute atomic E-state index is 10.9. The molecule has 6 nitrogen and oxygen atoms in total. The van der Waals surface area contributed by atoms with Crippen molar-refractivity contribution < 1.29 is 8.42 Å². The number of hydrogen-bond donors (Lipinski definition) is 3. The van der Waals surface area contributed by atoms with Gasteiger partial charge in [-0.25, -0.2) is 13.1 Å². The normalized spacial score (nSPS) is 12.2. The Morgan fingerprint density at radius 2 is 2.04 bits per heavy atom. The van der Waals surface area contributed by atoms with Crippen molar-refractivity contribution in [3.8, 4) is 0 Å². The Hall–Kier alpha value is -1.31. The van der Waals surface area contributed by atoms with Gasteiger partial charge in [-0.3, -0.25) is 4.99 Å². The van der Waals surface area contributed by atoms with Gasteiger partial charge in [-0.1, -0.05) is 23.7 Å². The first-order valence-electron chi connectivity index (χ1n) is 7.62. The van der Waals surface area contributed by atoms with Crippen LogP contribution in [-0.4, -0.2) is 46.8 Å².